The van der Waals surface area contributed by atoms with Crippen molar-refractivity contribution >= 4 is 15.7 Å². The molecule has 1 fully saturated rings. The van der Waals surface area contributed by atoms with Crippen molar-refractivity contribution in [3.63, 3.8) is 0 Å². The number of sulfonamides is 1. The van der Waals surface area contributed by atoms with Crippen LogP contribution < -0.4 is 9.62 Å². The molecular formula is C20H26FN3O3S. The number of nitrogens with one attached hydrogen (secondary N) is 1. The second-order valence-electron chi connectivity index (χ2n) is 6.96. The number of hydrogen-bond donors (Lipinski definition) is 1. The molecule has 1 aliphatic heterocycles. The SMILES string of the molecule is CN(C)c1ccc([C@H](CNS(=O)(=O)c2cccc(F)c2)N2CCOCC2)cc1. The Hall–Kier alpha value is -2.00. The molecule has 1 N–H and O–H groups in total. The maximum Gasteiger partial charge on any atom is 0.240 e. The first-order valence-electron chi connectivity index (χ1n) is 9.21. The van der Waals surface area contributed by atoms with Crippen LogP contribution in [0.5, 0.6) is 0 Å². The number of hydrogen-bond acceptors (Lipinski definition) is 5. The van der Waals surface area contributed by atoms with Crippen LogP contribution in [0.1, 0.15) is 11.6 Å². The number of rotatable bonds is 7. The van der Waals surface area contributed by atoms with Crippen LogP contribution in [0.4, 0.5) is 10.1 Å². The Morgan fingerprint density at radius 1 is 1.14 bits per heavy atom. The second kappa shape index (κ2) is 9.00. The molecule has 3 rings (SSSR count). The molecule has 0 bridgehead atoms. The van der Waals surface area contributed by atoms with Gasteiger partial charge in [-0.2, -0.15) is 0 Å². The summed E-state index contributed by atoms with van der Waals surface area (Å²) in [5, 5.41) is 0. The van der Waals surface area contributed by atoms with E-state index >= 15 is 0 Å². The van der Waals surface area contributed by atoms with Gasteiger partial charge in [0.1, 0.15) is 5.82 Å². The minimum absolute atomic E-state index is 0.0730. The van der Waals surface area contributed by atoms with Crippen LogP contribution >= 0.6 is 0 Å². The number of morpholine rings is 1. The lowest BCUT2D eigenvalue weighted by Gasteiger charge is -2.35. The van der Waals surface area contributed by atoms with E-state index in [0.717, 1.165) is 30.4 Å². The zero-order valence-electron chi connectivity index (χ0n) is 16.1. The van der Waals surface area contributed by atoms with Crippen LogP contribution in [0, 0.1) is 5.82 Å². The van der Waals surface area contributed by atoms with E-state index in [4.69, 9.17) is 4.74 Å². The van der Waals surface area contributed by atoms with Crippen LogP contribution in [0.25, 0.3) is 0 Å². The summed E-state index contributed by atoms with van der Waals surface area (Å²) >= 11 is 0. The van der Waals surface area contributed by atoms with Gasteiger partial charge in [0.2, 0.25) is 10.0 Å². The van der Waals surface area contributed by atoms with Gasteiger partial charge in [0.15, 0.2) is 0 Å². The van der Waals surface area contributed by atoms with Gasteiger partial charge in [0.05, 0.1) is 18.1 Å². The Morgan fingerprint density at radius 2 is 1.82 bits per heavy atom. The topological polar surface area (TPSA) is 61.9 Å². The fourth-order valence-electron chi connectivity index (χ4n) is 3.25. The van der Waals surface area contributed by atoms with Gasteiger partial charge in [-0.05, 0) is 35.9 Å². The summed E-state index contributed by atoms with van der Waals surface area (Å²) in [6, 6.07) is 13.0. The van der Waals surface area contributed by atoms with Crippen LogP contribution in [0.3, 0.4) is 0 Å². The highest BCUT2D eigenvalue weighted by Crippen LogP contribution is 2.24. The van der Waals surface area contributed by atoms with Gasteiger partial charge < -0.3 is 9.64 Å². The molecule has 2 aromatic rings. The van der Waals surface area contributed by atoms with Gasteiger partial charge in [-0.25, -0.2) is 17.5 Å². The van der Waals surface area contributed by atoms with E-state index in [-0.39, 0.29) is 17.5 Å². The van der Waals surface area contributed by atoms with Gasteiger partial charge in [-0.3, -0.25) is 4.90 Å². The van der Waals surface area contributed by atoms with Crippen molar-refractivity contribution in [3.05, 3.63) is 59.9 Å². The molecule has 2 aromatic carbocycles. The second-order valence-corrected chi connectivity index (χ2v) is 8.73. The first-order chi connectivity index (χ1) is 13.4. The highest BCUT2D eigenvalue weighted by atomic mass is 32.2. The summed E-state index contributed by atoms with van der Waals surface area (Å²) < 4.78 is 46.8. The van der Waals surface area contributed by atoms with Crippen molar-refractivity contribution in [2.45, 2.75) is 10.9 Å². The fourth-order valence-corrected chi connectivity index (χ4v) is 4.32. The summed E-state index contributed by atoms with van der Waals surface area (Å²) in [7, 11) is 0.145. The zero-order chi connectivity index (χ0) is 20.1. The summed E-state index contributed by atoms with van der Waals surface area (Å²) in [5.74, 6) is -0.577. The normalized spacial score (nSPS) is 16.7. The van der Waals surface area contributed by atoms with Crippen molar-refractivity contribution in [2.24, 2.45) is 0 Å². The summed E-state index contributed by atoms with van der Waals surface area (Å²) in [6.45, 7) is 2.87. The lowest BCUT2D eigenvalue weighted by Crippen LogP contribution is -2.43. The van der Waals surface area contributed by atoms with Crippen molar-refractivity contribution in [2.75, 3.05) is 51.8 Å². The molecule has 8 heteroatoms. The molecule has 0 aromatic heterocycles. The third-order valence-electron chi connectivity index (χ3n) is 4.85. The predicted octanol–water partition coefficient (Wildman–Crippen LogP) is 2.24. The summed E-state index contributed by atoms with van der Waals surface area (Å²) in [6.07, 6.45) is 0. The third kappa shape index (κ3) is 5.08. The Morgan fingerprint density at radius 3 is 2.43 bits per heavy atom. The maximum atomic E-state index is 13.4. The number of anilines is 1. The van der Waals surface area contributed by atoms with Gasteiger partial charge in [-0.1, -0.05) is 18.2 Å². The molecule has 28 heavy (non-hydrogen) atoms. The third-order valence-corrected chi connectivity index (χ3v) is 6.28. The predicted molar refractivity (Wildman–Crippen MR) is 107 cm³/mol. The Bertz CT molecular complexity index is 882. The van der Waals surface area contributed by atoms with Crippen molar-refractivity contribution in [1.29, 1.82) is 0 Å². The van der Waals surface area contributed by atoms with Crippen molar-refractivity contribution < 1.29 is 17.5 Å². The first kappa shape index (κ1) is 20.7. The molecule has 0 radical (unpaired) electrons. The number of ether oxygens (including phenoxy) is 1. The van der Waals surface area contributed by atoms with Crippen LogP contribution in [0.2, 0.25) is 0 Å². The van der Waals surface area contributed by atoms with E-state index < -0.39 is 15.8 Å². The van der Waals surface area contributed by atoms with Gasteiger partial charge in [0, 0.05) is 45.5 Å². The molecule has 1 heterocycles. The van der Waals surface area contributed by atoms with E-state index in [0.29, 0.717) is 13.2 Å². The van der Waals surface area contributed by atoms with Gasteiger partial charge in [-0.15, -0.1) is 0 Å². The first-order valence-corrected chi connectivity index (χ1v) is 10.7. The summed E-state index contributed by atoms with van der Waals surface area (Å²) in [4.78, 5) is 4.15. The molecule has 0 unspecified atom stereocenters. The highest BCUT2D eigenvalue weighted by molar-refractivity contribution is 7.89. The lowest BCUT2D eigenvalue weighted by molar-refractivity contribution is 0.0172. The van der Waals surface area contributed by atoms with Crippen LogP contribution in [0.15, 0.2) is 53.4 Å². The van der Waals surface area contributed by atoms with Crippen LogP contribution in [-0.2, 0) is 14.8 Å². The minimum atomic E-state index is -3.80. The standard InChI is InChI=1S/C20H26FN3O3S/c1-23(2)18-8-6-16(7-9-18)20(24-10-12-27-13-11-24)15-22-28(25,26)19-5-3-4-17(21)14-19/h3-9,14,20,22H,10-13,15H2,1-2H3/t20-/m0/s1. The smallest absolute Gasteiger partial charge is 0.240 e. The van der Waals surface area contributed by atoms with E-state index in [2.05, 4.69) is 9.62 Å². The number of benzene rings is 2. The Balaban J connectivity index is 1.81. The molecule has 6 nitrogen and oxygen atoms in total. The Labute approximate surface area is 166 Å². The molecule has 0 amide bonds. The average molecular weight is 408 g/mol. The molecule has 1 aliphatic rings. The molecule has 1 saturated heterocycles. The highest BCUT2D eigenvalue weighted by Gasteiger charge is 2.25. The number of nitrogens with zero attached hydrogens (tertiary/aromatic N) is 2. The molecule has 1 atom stereocenters. The largest absolute Gasteiger partial charge is 0.379 e. The molecule has 0 aliphatic carbocycles. The van der Waals surface area contributed by atoms with E-state index in [9.17, 15) is 12.8 Å². The molecular weight excluding hydrogens is 381 g/mol. The monoisotopic (exact) mass is 407 g/mol. The molecule has 152 valence electrons. The summed E-state index contributed by atoms with van der Waals surface area (Å²) in [5.41, 5.74) is 2.10. The zero-order valence-corrected chi connectivity index (χ0v) is 17.0. The Kier molecular flexibility index (Phi) is 6.66. The van der Waals surface area contributed by atoms with Gasteiger partial charge >= 0.3 is 0 Å². The fraction of sp³-hybridized carbons (Fsp3) is 0.400. The van der Waals surface area contributed by atoms with E-state index in [1.165, 1.54) is 18.2 Å². The van der Waals surface area contributed by atoms with E-state index in [1.54, 1.807) is 0 Å². The molecule has 0 spiro atoms. The van der Waals surface area contributed by atoms with E-state index in [1.807, 2.05) is 43.3 Å². The van der Waals surface area contributed by atoms with Crippen molar-refractivity contribution in [1.82, 2.24) is 9.62 Å². The van der Waals surface area contributed by atoms with Crippen LogP contribution in [-0.4, -0.2) is 60.3 Å². The number of halogens is 1. The lowest BCUT2D eigenvalue weighted by atomic mass is 10.0. The quantitative estimate of drug-likeness (QED) is 0.763. The molecule has 0 saturated carbocycles. The van der Waals surface area contributed by atoms with Crippen molar-refractivity contribution in [3.8, 4) is 0 Å². The van der Waals surface area contributed by atoms with Gasteiger partial charge in [0.25, 0.3) is 0 Å². The minimum Gasteiger partial charge on any atom is -0.379 e. The maximum absolute atomic E-state index is 13.4. The average Bonchev–Trinajstić information content (AvgIpc) is 2.69.